The summed E-state index contributed by atoms with van der Waals surface area (Å²) in [6, 6.07) is 10.7. The molecule has 2 fully saturated rings. The van der Waals surface area contributed by atoms with E-state index in [1.54, 1.807) is 0 Å². The molecule has 0 bridgehead atoms. The Kier molecular flexibility index (Phi) is 20.4. The molecule has 14 N–H and O–H groups in total. The Labute approximate surface area is 423 Å². The van der Waals surface area contributed by atoms with Crippen LogP contribution in [-0.2, 0) is 60.9 Å². The van der Waals surface area contributed by atoms with Crippen LogP contribution in [-0.4, -0.2) is 158 Å². The molecule has 0 unspecified atom stereocenters. The Hall–Kier alpha value is -7.82. The van der Waals surface area contributed by atoms with E-state index in [4.69, 9.17) is 11.5 Å². The molecule has 3 aromatic carbocycles. The van der Waals surface area contributed by atoms with Gasteiger partial charge in [-0.25, -0.2) is 0 Å². The molecule has 2 saturated heterocycles. The van der Waals surface area contributed by atoms with Crippen molar-refractivity contribution in [3.63, 3.8) is 0 Å². The molecule has 3 aromatic rings. The van der Waals surface area contributed by atoms with Crippen LogP contribution in [0.15, 0.2) is 72.8 Å². The molecule has 2 heterocycles. The van der Waals surface area contributed by atoms with E-state index >= 15 is 0 Å². The van der Waals surface area contributed by atoms with Gasteiger partial charge in [-0.15, -0.1) is 0 Å². The number of aromatic hydroxyl groups is 1. The number of hydrogen-bond donors (Lipinski definition) is 12. The van der Waals surface area contributed by atoms with Gasteiger partial charge in [0.25, 0.3) is 0 Å². The SMILES string of the molecule is NC(=O)C[C@@H]1NC(=O)[C@@H]2C[C@@H](O)CN2C(=O)CNC(=O)[C@H](Cc2ccc(O)c([N+](=O)[O-])c2)NC(=O)CNC(=O)[C@@H](CC(=O)O)NC(=O)[C@H](NCc2ccc(-c3ccccc3)cc2)CSSC[C@H](C(N)=O)NC1=O. The highest BCUT2D eigenvalue weighted by molar-refractivity contribution is 8.76. The molecule has 0 aromatic heterocycles. The third kappa shape index (κ3) is 16.9. The van der Waals surface area contributed by atoms with E-state index in [-0.39, 0.29) is 30.0 Å². The van der Waals surface area contributed by atoms with Crippen LogP contribution in [0.5, 0.6) is 5.75 Å². The predicted octanol–water partition coefficient (Wildman–Crippen LogP) is -2.97. The molecule has 9 amide bonds. The van der Waals surface area contributed by atoms with E-state index in [9.17, 15) is 73.4 Å². The van der Waals surface area contributed by atoms with Gasteiger partial charge >= 0.3 is 11.7 Å². The minimum absolute atomic E-state index is 0.0317. The first-order valence-electron chi connectivity index (χ1n) is 22.3. The normalized spacial score (nSPS) is 23.3. The average Bonchev–Trinajstić information content (AvgIpc) is 3.75. The van der Waals surface area contributed by atoms with Gasteiger partial charge in [0.15, 0.2) is 5.75 Å². The lowest BCUT2D eigenvalue weighted by atomic mass is 10.0. The van der Waals surface area contributed by atoms with Crippen molar-refractivity contribution in [2.45, 2.75) is 74.6 Å². The fourth-order valence-corrected chi connectivity index (χ4v) is 9.87. The van der Waals surface area contributed by atoms with E-state index in [1.807, 2.05) is 54.6 Å². The maximum Gasteiger partial charge on any atom is 0.310 e. The van der Waals surface area contributed by atoms with Gasteiger partial charge in [-0.05, 0) is 28.3 Å². The summed E-state index contributed by atoms with van der Waals surface area (Å²) in [5.74, 6) is -11.9. The third-order valence-electron chi connectivity index (χ3n) is 11.3. The zero-order valence-corrected chi connectivity index (χ0v) is 40.3. The van der Waals surface area contributed by atoms with Gasteiger partial charge in [-0.2, -0.15) is 0 Å². The number of carbonyl (C=O) groups is 10. The van der Waals surface area contributed by atoms with Gasteiger partial charge in [0.1, 0.15) is 30.2 Å². The van der Waals surface area contributed by atoms with Crippen molar-refractivity contribution in [3.8, 4) is 16.9 Å². The first-order chi connectivity index (χ1) is 34.7. The fraction of sp³-hybridized carbons (Fsp3) is 0.378. The number of aliphatic hydroxyl groups is 1. The quantitative estimate of drug-likeness (QED) is 0.0490. The number of nitrogens with two attached hydrogens (primary N) is 2. The standard InChI is InChI=1S/C45H53N11O15S2/c46-36(59)15-29-43(67)54-31(40(47)64)21-72-73-22-32(48-17-23-6-9-26(10-7-23)25-4-2-1-3-5-25)44(68)52-30(16-39(62)63)42(66)49-18-37(60)51-28(12-24-8-11-35(58)33(13-24)56(70)71)41(65)50-19-38(61)55-20-27(57)14-34(55)45(69)53-29/h1-11,13,27-32,34,48,57-58H,12,14-22H2,(H2,46,59)(H2,47,64)(H,49,66)(H,50,65)(H,51,60)(H,52,68)(H,53,69)(H,54,67)(H,62,63)/t27-,28+,29+,30-,31-,32-,34+/m1/s1. The number of aliphatic carboxylic acids is 1. The number of aliphatic hydroxyl groups excluding tert-OH is 1. The number of rotatable bonds is 12. The molecule has 28 heteroatoms. The number of fused-ring (bicyclic) bond motifs is 1. The number of hydrogen-bond acceptors (Lipinski definition) is 17. The van der Waals surface area contributed by atoms with Gasteiger partial charge in [0.2, 0.25) is 53.2 Å². The summed E-state index contributed by atoms with van der Waals surface area (Å²) in [5.41, 5.74) is 12.9. The molecule has 0 spiro atoms. The van der Waals surface area contributed by atoms with Gasteiger partial charge < -0.3 is 68.9 Å². The first-order valence-corrected chi connectivity index (χ1v) is 24.8. The van der Waals surface area contributed by atoms with Crippen molar-refractivity contribution < 1.29 is 68.2 Å². The molecule has 2 aliphatic rings. The Morgan fingerprint density at radius 2 is 1.36 bits per heavy atom. The molecule has 0 saturated carbocycles. The Balaban J connectivity index is 1.44. The van der Waals surface area contributed by atoms with Gasteiger partial charge in [0, 0.05) is 43.5 Å². The molecule has 0 aliphatic carbocycles. The van der Waals surface area contributed by atoms with Gasteiger partial charge in [0.05, 0.1) is 43.0 Å². The monoisotopic (exact) mass is 1050 g/mol. The number of amides is 9. The topological polar surface area (TPSA) is 414 Å². The summed E-state index contributed by atoms with van der Waals surface area (Å²) in [6.45, 7) is -2.13. The summed E-state index contributed by atoms with van der Waals surface area (Å²) in [5, 5.41) is 58.8. The second kappa shape index (κ2) is 26.6. The molecular weight excluding hydrogens is 999 g/mol. The van der Waals surface area contributed by atoms with Crippen LogP contribution < -0.4 is 48.7 Å². The zero-order chi connectivity index (χ0) is 53.4. The van der Waals surface area contributed by atoms with E-state index in [2.05, 4.69) is 37.2 Å². The number of nitrogens with one attached hydrogen (secondary N) is 7. The molecule has 2 aliphatic heterocycles. The number of carboxylic acid groups (broad SMARTS) is 1. The van der Waals surface area contributed by atoms with Crippen LogP contribution in [0.2, 0.25) is 0 Å². The average molecular weight is 1050 g/mol. The highest BCUT2D eigenvalue weighted by Gasteiger charge is 2.41. The number of nitrogens with zero attached hydrogens (tertiary/aromatic N) is 2. The molecule has 26 nitrogen and oxygen atoms in total. The van der Waals surface area contributed by atoms with E-state index in [1.165, 1.54) is 6.07 Å². The van der Waals surface area contributed by atoms with Crippen LogP contribution >= 0.6 is 21.6 Å². The van der Waals surface area contributed by atoms with Crippen molar-refractivity contribution in [1.82, 2.24) is 42.1 Å². The highest BCUT2D eigenvalue weighted by atomic mass is 33.1. The van der Waals surface area contributed by atoms with Crippen LogP contribution in [0.4, 0.5) is 5.69 Å². The Morgan fingerprint density at radius 1 is 0.740 bits per heavy atom. The summed E-state index contributed by atoms with van der Waals surface area (Å²) in [4.78, 5) is 144. The number of nitro groups is 1. The fourth-order valence-electron chi connectivity index (χ4n) is 7.50. The summed E-state index contributed by atoms with van der Waals surface area (Å²) in [6.07, 6.45) is -3.90. The number of carbonyl (C=O) groups excluding carboxylic acids is 9. The molecule has 0 radical (unpaired) electrons. The van der Waals surface area contributed by atoms with Gasteiger partial charge in [-0.3, -0.25) is 58.1 Å². The van der Waals surface area contributed by atoms with E-state index in [0.29, 0.717) is 0 Å². The first kappa shape index (κ1) is 56.1. The van der Waals surface area contributed by atoms with Crippen molar-refractivity contribution in [1.29, 1.82) is 0 Å². The molecule has 390 valence electrons. The second-order valence-corrected chi connectivity index (χ2v) is 19.3. The van der Waals surface area contributed by atoms with Crippen LogP contribution in [0.1, 0.15) is 30.4 Å². The van der Waals surface area contributed by atoms with Crippen LogP contribution in [0.3, 0.4) is 0 Å². The van der Waals surface area contributed by atoms with Crippen molar-refractivity contribution in [3.05, 3.63) is 94.0 Å². The van der Waals surface area contributed by atoms with Gasteiger partial charge in [-0.1, -0.05) is 82.3 Å². The number of primary amides is 2. The Morgan fingerprint density at radius 3 is 2.01 bits per heavy atom. The van der Waals surface area contributed by atoms with Crippen LogP contribution in [0.25, 0.3) is 11.1 Å². The van der Waals surface area contributed by atoms with E-state index < -0.39 is 157 Å². The minimum atomic E-state index is -1.78. The molecule has 7 atom stereocenters. The van der Waals surface area contributed by atoms with Crippen LogP contribution in [0, 0.1) is 10.1 Å². The maximum atomic E-state index is 14.0. The van der Waals surface area contributed by atoms with Crippen molar-refractivity contribution in [2.75, 3.05) is 31.1 Å². The molecule has 73 heavy (non-hydrogen) atoms. The lowest BCUT2D eigenvalue weighted by Gasteiger charge is -2.27. The summed E-state index contributed by atoms with van der Waals surface area (Å²) in [7, 11) is 1.98. The van der Waals surface area contributed by atoms with Crippen molar-refractivity contribution >= 4 is 86.4 Å². The zero-order valence-electron chi connectivity index (χ0n) is 38.6. The number of phenolic OH excluding ortho intramolecular Hbond substituents is 1. The van der Waals surface area contributed by atoms with Crippen molar-refractivity contribution in [2.24, 2.45) is 11.5 Å². The second-order valence-electron chi connectivity index (χ2n) is 16.7. The number of benzene rings is 3. The minimum Gasteiger partial charge on any atom is -0.502 e. The van der Waals surface area contributed by atoms with E-state index in [0.717, 1.165) is 55.3 Å². The summed E-state index contributed by atoms with van der Waals surface area (Å²) < 4.78 is 0. The smallest absolute Gasteiger partial charge is 0.310 e. The number of phenols is 1. The largest absolute Gasteiger partial charge is 0.502 e. The maximum absolute atomic E-state index is 14.0. The molecular formula is C45H53N11O15S2. The lowest BCUT2D eigenvalue weighted by molar-refractivity contribution is -0.385. The third-order valence-corrected chi connectivity index (χ3v) is 13.7. The number of nitro benzene ring substituents is 1. The molecule has 5 rings (SSSR count). The summed E-state index contributed by atoms with van der Waals surface area (Å²) >= 11 is 0. The predicted molar refractivity (Wildman–Crippen MR) is 261 cm³/mol. The lowest BCUT2D eigenvalue weighted by Crippen LogP contribution is -2.58. The number of carboxylic acids is 1. The Bertz CT molecular complexity index is 2580. The highest BCUT2D eigenvalue weighted by Crippen LogP contribution is 2.27.